The lowest BCUT2D eigenvalue weighted by atomic mass is 9.33. The van der Waals surface area contributed by atoms with E-state index in [1.165, 1.54) is 47.8 Å². The summed E-state index contributed by atoms with van der Waals surface area (Å²) in [5.41, 5.74) is 17.5. The molecule has 0 saturated heterocycles. The second-order valence-electron chi connectivity index (χ2n) is 19.9. The van der Waals surface area contributed by atoms with Gasteiger partial charge in [0.2, 0.25) is 0 Å². The Kier molecular flexibility index (Phi) is 7.38. The van der Waals surface area contributed by atoms with E-state index in [1.54, 1.807) is 0 Å². The van der Waals surface area contributed by atoms with Gasteiger partial charge in [0.1, 0.15) is 0 Å². The van der Waals surface area contributed by atoms with Crippen LogP contribution in [0.15, 0.2) is 133 Å². The molecule has 0 amide bonds. The van der Waals surface area contributed by atoms with Crippen LogP contribution in [0.2, 0.25) is 0 Å². The molecule has 4 heteroatoms. The molecular formula is C56H53BN2S. The molecule has 296 valence electrons. The highest BCUT2D eigenvalue weighted by atomic mass is 32.1. The molecule has 2 aliphatic heterocycles. The van der Waals surface area contributed by atoms with Gasteiger partial charge in [0.25, 0.3) is 6.71 Å². The lowest BCUT2D eigenvalue weighted by molar-refractivity contribution is 0.332. The maximum absolute atomic E-state index is 9.08. The van der Waals surface area contributed by atoms with Crippen molar-refractivity contribution in [3.8, 4) is 11.1 Å². The largest absolute Gasteiger partial charge is 0.311 e. The summed E-state index contributed by atoms with van der Waals surface area (Å²) in [4.78, 5) is 4.85. The van der Waals surface area contributed by atoms with Crippen LogP contribution in [-0.2, 0) is 16.2 Å². The molecule has 0 N–H and O–H groups in total. The molecule has 0 saturated carbocycles. The molecule has 8 aromatic rings. The third-order valence-electron chi connectivity index (χ3n) is 14.1. The third-order valence-corrected chi connectivity index (χ3v) is 15.2. The number of hydrogen-bond donors (Lipinski definition) is 0. The average molecular weight is 800 g/mol. The lowest BCUT2D eigenvalue weighted by Crippen LogP contribution is -2.62. The summed E-state index contributed by atoms with van der Waals surface area (Å²) < 4.78 is 29.7. The van der Waals surface area contributed by atoms with E-state index >= 15 is 0 Å². The highest BCUT2D eigenvalue weighted by Gasteiger charge is 2.47. The minimum Gasteiger partial charge on any atom is -0.311 e. The molecule has 7 aromatic carbocycles. The fourth-order valence-electron chi connectivity index (χ4n) is 10.6. The summed E-state index contributed by atoms with van der Waals surface area (Å²) in [6, 6.07) is 48.8. The van der Waals surface area contributed by atoms with Crippen molar-refractivity contribution in [2.24, 2.45) is 0 Å². The molecule has 0 bridgehead atoms. The van der Waals surface area contributed by atoms with Crippen molar-refractivity contribution in [3.63, 3.8) is 0 Å². The molecule has 1 aliphatic carbocycles. The van der Waals surface area contributed by atoms with Crippen LogP contribution in [0, 0.1) is 13.8 Å². The number of benzene rings is 7. The van der Waals surface area contributed by atoms with Crippen LogP contribution < -0.4 is 26.2 Å². The second-order valence-corrected chi connectivity index (χ2v) is 21.0. The number of anilines is 6. The van der Waals surface area contributed by atoms with Crippen LogP contribution in [0.4, 0.5) is 34.1 Å². The zero-order chi connectivity index (χ0) is 44.0. The molecule has 2 nitrogen and oxygen atoms in total. The van der Waals surface area contributed by atoms with Crippen molar-refractivity contribution < 1.29 is 4.11 Å². The number of hydrogen-bond acceptors (Lipinski definition) is 3. The first-order valence-corrected chi connectivity index (χ1v) is 22.4. The minimum absolute atomic E-state index is 0.0193. The molecule has 3 aliphatic rings. The Bertz CT molecular complexity index is 3190. The van der Waals surface area contributed by atoms with Gasteiger partial charge in [0, 0.05) is 52.7 Å². The van der Waals surface area contributed by atoms with E-state index < -0.39 is 6.85 Å². The Morgan fingerprint density at radius 2 is 1.25 bits per heavy atom. The third kappa shape index (κ3) is 5.52. The van der Waals surface area contributed by atoms with Crippen LogP contribution in [0.25, 0.3) is 31.3 Å². The van der Waals surface area contributed by atoms with E-state index in [9.17, 15) is 0 Å². The van der Waals surface area contributed by atoms with E-state index in [2.05, 4.69) is 187 Å². The van der Waals surface area contributed by atoms with Crippen LogP contribution in [-0.4, -0.2) is 6.71 Å². The van der Waals surface area contributed by atoms with Crippen molar-refractivity contribution in [3.05, 3.63) is 161 Å². The first-order valence-electron chi connectivity index (χ1n) is 23.1. The predicted molar refractivity (Wildman–Crippen MR) is 262 cm³/mol. The zero-order valence-electron chi connectivity index (χ0n) is 39.0. The molecule has 11 rings (SSSR count). The summed E-state index contributed by atoms with van der Waals surface area (Å²) in [5, 5.41) is 2.40. The molecule has 1 aromatic heterocycles. The van der Waals surface area contributed by atoms with E-state index in [-0.39, 0.29) is 23.0 Å². The number of thiophene rings is 1. The smallest absolute Gasteiger partial charge is 0.252 e. The van der Waals surface area contributed by atoms with Gasteiger partial charge in [0.15, 0.2) is 0 Å². The van der Waals surface area contributed by atoms with Crippen LogP contribution in [0.1, 0.15) is 93.2 Å². The summed E-state index contributed by atoms with van der Waals surface area (Å²) in [6.07, 6.45) is 2.20. The summed E-state index contributed by atoms with van der Waals surface area (Å²) in [6.45, 7) is 16.2. The SMILES string of the molecule is [2H]C([2H])([2H])c1cc2c3c(c1)N(c1cccc4sc5ccccc5c14)c1ccc(C(C)(C)C)cc1B3c1cc3c(cc1N2c1cc(-c2ccccc2)ccc1C)C(C)(C)CCC3(C)C. The Hall–Kier alpha value is -5.58. The molecular weight excluding hydrogens is 744 g/mol. The fourth-order valence-corrected chi connectivity index (χ4v) is 11.8. The maximum atomic E-state index is 9.08. The molecule has 3 heterocycles. The van der Waals surface area contributed by atoms with Gasteiger partial charge in [0.05, 0.1) is 5.69 Å². The second kappa shape index (κ2) is 13.0. The summed E-state index contributed by atoms with van der Waals surface area (Å²) in [7, 11) is 0. The molecule has 0 spiro atoms. The molecule has 0 atom stereocenters. The molecule has 60 heavy (non-hydrogen) atoms. The van der Waals surface area contributed by atoms with Gasteiger partial charge in [-0.1, -0.05) is 133 Å². The molecule has 0 radical (unpaired) electrons. The van der Waals surface area contributed by atoms with Crippen LogP contribution >= 0.6 is 11.3 Å². The number of aryl methyl sites for hydroxylation is 2. The fraction of sp³-hybridized carbons (Fsp3) is 0.250. The Labute approximate surface area is 364 Å². The summed E-state index contributed by atoms with van der Waals surface area (Å²) >= 11 is 1.81. The average Bonchev–Trinajstić information content (AvgIpc) is 3.64. The van der Waals surface area contributed by atoms with Crippen LogP contribution in [0.3, 0.4) is 0 Å². The normalized spacial score (nSPS) is 17.1. The van der Waals surface area contributed by atoms with Gasteiger partial charge in [-0.05, 0) is 147 Å². The standard InChI is InChI=1S/C56H53BN2S/c1-34-28-48-53-49(29-34)59(46-30-37(23-22-35(46)2)36-16-11-10-12-17-36)47-33-41-40(55(6,7)26-27-56(41,8)9)32-43(47)57(53)42-31-38(54(3,4)5)24-25-44(42)58(48)45-19-15-21-51-52(45)39-18-13-14-20-50(39)60-51/h10-25,28-33H,26-27H2,1-9H3/i1D3. The number of fused-ring (bicyclic) bond motifs is 8. The quantitative estimate of drug-likeness (QED) is 0.164. The van der Waals surface area contributed by atoms with Gasteiger partial charge in [-0.15, -0.1) is 11.3 Å². The van der Waals surface area contributed by atoms with E-state index in [4.69, 9.17) is 4.11 Å². The van der Waals surface area contributed by atoms with E-state index in [0.717, 1.165) is 69.1 Å². The van der Waals surface area contributed by atoms with Gasteiger partial charge in [-0.25, -0.2) is 0 Å². The van der Waals surface area contributed by atoms with Crippen molar-refractivity contribution in [2.45, 2.75) is 91.3 Å². The monoisotopic (exact) mass is 799 g/mol. The van der Waals surface area contributed by atoms with Gasteiger partial charge in [-0.2, -0.15) is 0 Å². The van der Waals surface area contributed by atoms with Crippen LogP contribution in [0.5, 0.6) is 0 Å². The Morgan fingerprint density at radius 3 is 1.98 bits per heavy atom. The molecule has 0 fully saturated rings. The summed E-state index contributed by atoms with van der Waals surface area (Å²) in [5.74, 6) is 0. The van der Waals surface area contributed by atoms with E-state index in [0.29, 0.717) is 5.56 Å². The van der Waals surface area contributed by atoms with E-state index in [1.807, 2.05) is 23.5 Å². The Balaban J connectivity index is 1.31. The number of rotatable bonds is 3. The first-order chi connectivity index (χ1) is 29.9. The van der Waals surface area contributed by atoms with Crippen molar-refractivity contribution >= 4 is 88.7 Å². The topological polar surface area (TPSA) is 6.48 Å². The molecule has 0 unspecified atom stereocenters. The van der Waals surface area contributed by atoms with Gasteiger partial charge >= 0.3 is 0 Å². The van der Waals surface area contributed by atoms with Gasteiger partial charge < -0.3 is 9.80 Å². The minimum atomic E-state index is -2.36. The van der Waals surface area contributed by atoms with Crippen molar-refractivity contribution in [2.75, 3.05) is 9.80 Å². The van der Waals surface area contributed by atoms with Gasteiger partial charge in [-0.3, -0.25) is 0 Å². The predicted octanol–water partition coefficient (Wildman–Crippen LogP) is 14.1. The number of nitrogens with zero attached hydrogens (tertiary/aromatic N) is 2. The first kappa shape index (κ1) is 34.2. The highest BCUT2D eigenvalue weighted by Crippen LogP contribution is 2.52. The highest BCUT2D eigenvalue weighted by molar-refractivity contribution is 7.26. The van der Waals surface area contributed by atoms with Crippen molar-refractivity contribution in [1.29, 1.82) is 0 Å². The lowest BCUT2D eigenvalue weighted by Gasteiger charge is -2.48. The zero-order valence-corrected chi connectivity index (χ0v) is 36.8. The Morgan fingerprint density at radius 1 is 0.583 bits per heavy atom. The maximum Gasteiger partial charge on any atom is 0.252 e. The van der Waals surface area contributed by atoms with Crippen molar-refractivity contribution in [1.82, 2.24) is 0 Å².